The minimum absolute atomic E-state index is 0.678. The monoisotopic (exact) mass is 184 g/mol. The second kappa shape index (κ2) is 8.27. The summed E-state index contributed by atoms with van der Waals surface area (Å²) in [4.78, 5) is 2.42. The molecule has 2 nitrogen and oxygen atoms in total. The first-order valence-electron chi connectivity index (χ1n) is 5.18. The second-order valence-electron chi connectivity index (χ2n) is 3.65. The number of unbranched alkanes of at least 4 members (excludes halogenated alkanes) is 1. The molecule has 0 aromatic carbocycles. The number of allylic oxidation sites excluding steroid dienone is 1. The third kappa shape index (κ3) is 6.79. The van der Waals surface area contributed by atoms with Gasteiger partial charge in [-0.2, -0.15) is 0 Å². The molecule has 0 rings (SSSR count). The summed E-state index contributed by atoms with van der Waals surface area (Å²) < 4.78 is 0. The summed E-state index contributed by atoms with van der Waals surface area (Å²) in [5.74, 6) is 0. The van der Waals surface area contributed by atoms with Crippen molar-refractivity contribution in [1.82, 2.24) is 10.2 Å². The highest BCUT2D eigenvalue weighted by atomic mass is 15.1. The number of hydrogen-bond acceptors (Lipinski definition) is 2. The molecule has 0 aliphatic carbocycles. The van der Waals surface area contributed by atoms with E-state index in [4.69, 9.17) is 0 Å². The van der Waals surface area contributed by atoms with Crippen molar-refractivity contribution in [3.63, 3.8) is 0 Å². The largest absolute Gasteiger partial charge is 0.320 e. The summed E-state index contributed by atoms with van der Waals surface area (Å²) in [6.07, 6.45) is 5.57. The standard InChI is InChI=1S/C11H24N2/c1-5-6-7-10-13(4)11(2)8-9-12-3/h5,11-12H,1,6-10H2,2-4H3. The smallest absolute Gasteiger partial charge is 0.00759 e. The Hall–Kier alpha value is -0.340. The molecule has 0 heterocycles. The summed E-state index contributed by atoms with van der Waals surface area (Å²) in [5.41, 5.74) is 0. The molecular formula is C11H24N2. The lowest BCUT2D eigenvalue weighted by Gasteiger charge is -2.24. The van der Waals surface area contributed by atoms with Gasteiger partial charge in [0.2, 0.25) is 0 Å². The van der Waals surface area contributed by atoms with Gasteiger partial charge in [-0.1, -0.05) is 6.08 Å². The van der Waals surface area contributed by atoms with Crippen molar-refractivity contribution in [2.45, 2.75) is 32.2 Å². The molecule has 2 heteroatoms. The number of hydrogen-bond donors (Lipinski definition) is 1. The lowest BCUT2D eigenvalue weighted by atomic mass is 10.2. The maximum absolute atomic E-state index is 3.72. The van der Waals surface area contributed by atoms with Crippen LogP contribution in [-0.2, 0) is 0 Å². The van der Waals surface area contributed by atoms with E-state index in [1.54, 1.807) is 0 Å². The SMILES string of the molecule is C=CCCCN(C)C(C)CCNC. The topological polar surface area (TPSA) is 15.3 Å². The Bertz CT molecular complexity index is 123. The van der Waals surface area contributed by atoms with Crippen LogP contribution in [0, 0.1) is 0 Å². The molecule has 0 saturated carbocycles. The highest BCUT2D eigenvalue weighted by Gasteiger charge is 2.06. The van der Waals surface area contributed by atoms with Crippen LogP contribution in [0.2, 0.25) is 0 Å². The second-order valence-corrected chi connectivity index (χ2v) is 3.65. The average molecular weight is 184 g/mol. The molecule has 0 aliphatic rings. The van der Waals surface area contributed by atoms with Crippen LogP contribution in [-0.4, -0.2) is 38.1 Å². The van der Waals surface area contributed by atoms with Crippen molar-refractivity contribution in [1.29, 1.82) is 0 Å². The van der Waals surface area contributed by atoms with Crippen LogP contribution in [0.5, 0.6) is 0 Å². The predicted molar refractivity (Wildman–Crippen MR) is 60.1 cm³/mol. The van der Waals surface area contributed by atoms with Gasteiger partial charge in [0.05, 0.1) is 0 Å². The highest BCUT2D eigenvalue weighted by Crippen LogP contribution is 2.02. The molecule has 1 atom stereocenters. The molecular weight excluding hydrogens is 160 g/mol. The fourth-order valence-corrected chi connectivity index (χ4v) is 1.28. The maximum Gasteiger partial charge on any atom is 0.00759 e. The first-order chi connectivity index (χ1) is 6.22. The van der Waals surface area contributed by atoms with Gasteiger partial charge in [0, 0.05) is 6.04 Å². The van der Waals surface area contributed by atoms with Gasteiger partial charge in [0.25, 0.3) is 0 Å². The van der Waals surface area contributed by atoms with Gasteiger partial charge in [0.15, 0.2) is 0 Å². The molecule has 0 saturated heterocycles. The van der Waals surface area contributed by atoms with E-state index in [2.05, 4.69) is 30.8 Å². The number of nitrogens with zero attached hydrogens (tertiary/aromatic N) is 1. The van der Waals surface area contributed by atoms with E-state index in [1.165, 1.54) is 19.4 Å². The number of rotatable bonds is 8. The molecule has 13 heavy (non-hydrogen) atoms. The first-order valence-corrected chi connectivity index (χ1v) is 5.18. The Balaban J connectivity index is 3.43. The summed E-state index contributed by atoms with van der Waals surface area (Å²) >= 11 is 0. The summed E-state index contributed by atoms with van der Waals surface area (Å²) in [6, 6.07) is 0.678. The molecule has 0 spiro atoms. The average Bonchev–Trinajstić information content (AvgIpc) is 2.14. The van der Waals surface area contributed by atoms with Gasteiger partial charge in [-0.3, -0.25) is 0 Å². The summed E-state index contributed by atoms with van der Waals surface area (Å²) in [7, 11) is 4.20. The van der Waals surface area contributed by atoms with Crippen molar-refractivity contribution in [3.8, 4) is 0 Å². The van der Waals surface area contributed by atoms with Crippen LogP contribution in [0.3, 0.4) is 0 Å². The molecule has 0 amide bonds. The van der Waals surface area contributed by atoms with E-state index in [0.29, 0.717) is 6.04 Å². The quantitative estimate of drug-likeness (QED) is 0.458. The fraction of sp³-hybridized carbons (Fsp3) is 0.818. The number of nitrogens with one attached hydrogen (secondary N) is 1. The van der Waals surface area contributed by atoms with E-state index < -0.39 is 0 Å². The zero-order chi connectivity index (χ0) is 10.1. The normalized spacial score (nSPS) is 13.2. The maximum atomic E-state index is 3.72. The fourth-order valence-electron chi connectivity index (χ4n) is 1.28. The Morgan fingerprint density at radius 2 is 2.23 bits per heavy atom. The minimum atomic E-state index is 0.678. The third-order valence-electron chi connectivity index (χ3n) is 2.48. The molecule has 0 aliphatic heterocycles. The highest BCUT2D eigenvalue weighted by molar-refractivity contribution is 4.69. The zero-order valence-electron chi connectivity index (χ0n) is 9.34. The van der Waals surface area contributed by atoms with E-state index in [0.717, 1.165) is 13.0 Å². The summed E-state index contributed by atoms with van der Waals surface area (Å²) in [6.45, 7) is 8.29. The van der Waals surface area contributed by atoms with E-state index in [1.807, 2.05) is 13.1 Å². The molecule has 1 N–H and O–H groups in total. The van der Waals surface area contributed by atoms with Crippen molar-refractivity contribution < 1.29 is 0 Å². The van der Waals surface area contributed by atoms with Crippen molar-refractivity contribution in [2.24, 2.45) is 0 Å². The molecule has 0 bridgehead atoms. The van der Waals surface area contributed by atoms with Gasteiger partial charge in [-0.25, -0.2) is 0 Å². The van der Waals surface area contributed by atoms with Crippen LogP contribution in [0.15, 0.2) is 12.7 Å². The molecule has 0 radical (unpaired) electrons. The lowest BCUT2D eigenvalue weighted by Crippen LogP contribution is -2.32. The first kappa shape index (κ1) is 12.7. The molecule has 0 aromatic heterocycles. The lowest BCUT2D eigenvalue weighted by molar-refractivity contribution is 0.243. The van der Waals surface area contributed by atoms with E-state index >= 15 is 0 Å². The van der Waals surface area contributed by atoms with Crippen LogP contribution >= 0.6 is 0 Å². The molecule has 1 unspecified atom stereocenters. The van der Waals surface area contributed by atoms with Gasteiger partial charge < -0.3 is 10.2 Å². The minimum Gasteiger partial charge on any atom is -0.320 e. The Labute approximate surface area is 83.0 Å². The third-order valence-corrected chi connectivity index (χ3v) is 2.48. The van der Waals surface area contributed by atoms with Crippen molar-refractivity contribution >= 4 is 0 Å². The summed E-state index contributed by atoms with van der Waals surface area (Å²) in [5, 5.41) is 3.18. The molecule has 0 aromatic rings. The predicted octanol–water partition coefficient (Wildman–Crippen LogP) is 1.88. The van der Waals surface area contributed by atoms with Gasteiger partial charge in [-0.05, 0) is 53.4 Å². The van der Waals surface area contributed by atoms with Gasteiger partial charge in [0.1, 0.15) is 0 Å². The van der Waals surface area contributed by atoms with Gasteiger partial charge >= 0.3 is 0 Å². The van der Waals surface area contributed by atoms with Crippen molar-refractivity contribution in [2.75, 3.05) is 27.2 Å². The van der Waals surface area contributed by atoms with Crippen LogP contribution in [0.4, 0.5) is 0 Å². The molecule has 78 valence electrons. The van der Waals surface area contributed by atoms with Crippen LogP contribution in [0.1, 0.15) is 26.2 Å². The van der Waals surface area contributed by atoms with Crippen molar-refractivity contribution in [3.05, 3.63) is 12.7 Å². The zero-order valence-corrected chi connectivity index (χ0v) is 9.34. The van der Waals surface area contributed by atoms with Crippen LogP contribution < -0.4 is 5.32 Å². The van der Waals surface area contributed by atoms with E-state index in [9.17, 15) is 0 Å². The van der Waals surface area contributed by atoms with Crippen LogP contribution in [0.25, 0.3) is 0 Å². The Morgan fingerprint density at radius 1 is 1.54 bits per heavy atom. The Kier molecular flexibility index (Phi) is 8.05. The van der Waals surface area contributed by atoms with E-state index in [-0.39, 0.29) is 0 Å². The molecule has 0 fully saturated rings. The van der Waals surface area contributed by atoms with Gasteiger partial charge in [-0.15, -0.1) is 6.58 Å². The Morgan fingerprint density at radius 3 is 2.77 bits per heavy atom.